The van der Waals surface area contributed by atoms with Gasteiger partial charge in [0.25, 0.3) is 6.43 Å². The highest BCUT2D eigenvalue weighted by Crippen LogP contribution is 2.16. The highest BCUT2D eigenvalue weighted by molar-refractivity contribution is 5.85. The summed E-state index contributed by atoms with van der Waals surface area (Å²) in [6.07, 6.45) is -1.42. The third-order valence-corrected chi connectivity index (χ3v) is 2.54. The van der Waals surface area contributed by atoms with Crippen LogP contribution in [0.3, 0.4) is 0 Å². The zero-order chi connectivity index (χ0) is 13.8. The number of cyclic esters (lactones) is 1. The van der Waals surface area contributed by atoms with Gasteiger partial charge in [0, 0.05) is 6.08 Å². The van der Waals surface area contributed by atoms with E-state index in [1.54, 1.807) is 0 Å². The van der Waals surface area contributed by atoms with Crippen LogP contribution in [0.5, 0.6) is 0 Å². The van der Waals surface area contributed by atoms with Gasteiger partial charge in [0.05, 0.1) is 24.5 Å². The fraction of sp³-hybridized carbons (Fsp3) is 0.333. The van der Waals surface area contributed by atoms with Crippen LogP contribution >= 0.6 is 0 Å². The third kappa shape index (κ3) is 3.70. The number of halogens is 3. The number of esters is 1. The van der Waals surface area contributed by atoms with Crippen LogP contribution < -0.4 is 0 Å². The molecule has 2 rings (SSSR count). The Bertz CT molecular complexity index is 506. The first-order valence-corrected chi connectivity index (χ1v) is 5.56. The topological polar surface area (TPSA) is 42.4 Å². The van der Waals surface area contributed by atoms with Gasteiger partial charge in [-0.05, 0) is 12.1 Å². The lowest BCUT2D eigenvalue weighted by atomic mass is 10.3. The van der Waals surface area contributed by atoms with Gasteiger partial charge in [0.1, 0.15) is 6.61 Å². The summed E-state index contributed by atoms with van der Waals surface area (Å²) in [6, 6.07) is 4.14. The molecular formula is C12H11F3N2O2. The molecule has 1 aliphatic rings. The molecule has 0 saturated heterocycles. The summed E-state index contributed by atoms with van der Waals surface area (Å²) in [5.41, 5.74) is 0.650. The first kappa shape index (κ1) is 13.4. The van der Waals surface area contributed by atoms with E-state index in [2.05, 4.69) is 9.72 Å². The Labute approximate surface area is 107 Å². The fourth-order valence-electron chi connectivity index (χ4n) is 1.73. The van der Waals surface area contributed by atoms with Crippen molar-refractivity contribution in [1.29, 1.82) is 0 Å². The van der Waals surface area contributed by atoms with E-state index in [0.717, 1.165) is 6.08 Å². The van der Waals surface area contributed by atoms with Crippen molar-refractivity contribution >= 4 is 5.97 Å². The van der Waals surface area contributed by atoms with Gasteiger partial charge >= 0.3 is 5.97 Å². The van der Waals surface area contributed by atoms with Gasteiger partial charge in [0.15, 0.2) is 0 Å². The smallest absolute Gasteiger partial charge is 0.333 e. The molecule has 2 heterocycles. The number of aromatic nitrogens is 1. The van der Waals surface area contributed by atoms with Crippen molar-refractivity contribution < 1.29 is 22.7 Å². The van der Waals surface area contributed by atoms with Gasteiger partial charge in [-0.2, -0.15) is 4.39 Å². The second-order valence-electron chi connectivity index (χ2n) is 3.97. The highest BCUT2D eigenvalue weighted by atomic mass is 19.3. The molecule has 0 N–H and O–H groups in total. The van der Waals surface area contributed by atoms with Gasteiger partial charge in [-0.1, -0.05) is 6.07 Å². The minimum Gasteiger partial charge on any atom is -0.456 e. The molecule has 1 aromatic rings. The summed E-state index contributed by atoms with van der Waals surface area (Å²) in [5, 5.41) is 0. The first-order chi connectivity index (χ1) is 9.04. The van der Waals surface area contributed by atoms with Crippen LogP contribution in [0.2, 0.25) is 0 Å². The van der Waals surface area contributed by atoms with E-state index in [1.165, 1.54) is 23.1 Å². The molecule has 0 amide bonds. The average Bonchev–Trinajstić information content (AvgIpc) is 2.74. The molecule has 0 spiro atoms. The second kappa shape index (κ2) is 5.73. The molecular weight excluding hydrogens is 261 g/mol. The summed E-state index contributed by atoms with van der Waals surface area (Å²) < 4.78 is 42.7. The standard InChI is InChI=1S/C12H11F3N2O2/c13-10(14)6-17(9-4-12(18)19-7-9)5-8-2-1-3-11(15)16-8/h1-4,10H,5-7H2. The van der Waals surface area contributed by atoms with Crippen LogP contribution in [0.25, 0.3) is 0 Å². The predicted molar refractivity (Wildman–Crippen MR) is 59.7 cm³/mol. The first-order valence-electron chi connectivity index (χ1n) is 5.56. The van der Waals surface area contributed by atoms with Crippen LogP contribution in [0.1, 0.15) is 5.69 Å². The molecule has 0 saturated carbocycles. The monoisotopic (exact) mass is 272 g/mol. The molecule has 1 aliphatic heterocycles. The number of nitrogens with zero attached hydrogens (tertiary/aromatic N) is 2. The Hall–Kier alpha value is -2.05. The van der Waals surface area contributed by atoms with Crippen molar-refractivity contribution in [3.8, 4) is 0 Å². The lowest BCUT2D eigenvalue weighted by Crippen LogP contribution is -2.29. The van der Waals surface area contributed by atoms with Crippen molar-refractivity contribution in [3.05, 3.63) is 41.6 Å². The summed E-state index contributed by atoms with van der Waals surface area (Å²) >= 11 is 0. The second-order valence-corrected chi connectivity index (χ2v) is 3.97. The Morgan fingerprint density at radius 1 is 1.42 bits per heavy atom. The van der Waals surface area contributed by atoms with Crippen molar-refractivity contribution in [2.45, 2.75) is 13.0 Å². The molecule has 4 nitrogen and oxygen atoms in total. The van der Waals surface area contributed by atoms with Crippen LogP contribution in [-0.2, 0) is 16.1 Å². The lowest BCUT2D eigenvalue weighted by Gasteiger charge is -2.24. The minimum absolute atomic E-state index is 0.00935. The number of pyridine rings is 1. The van der Waals surface area contributed by atoms with E-state index < -0.39 is 24.9 Å². The summed E-state index contributed by atoms with van der Waals surface area (Å²) in [7, 11) is 0. The zero-order valence-electron chi connectivity index (χ0n) is 9.85. The summed E-state index contributed by atoms with van der Waals surface area (Å²) in [5.74, 6) is -1.25. The number of hydrogen-bond acceptors (Lipinski definition) is 4. The van der Waals surface area contributed by atoms with E-state index in [-0.39, 0.29) is 13.2 Å². The molecule has 0 fully saturated rings. The predicted octanol–water partition coefficient (Wildman–Crippen LogP) is 1.73. The van der Waals surface area contributed by atoms with Gasteiger partial charge < -0.3 is 9.64 Å². The van der Waals surface area contributed by atoms with E-state index in [4.69, 9.17) is 0 Å². The van der Waals surface area contributed by atoms with E-state index in [1.807, 2.05) is 0 Å². The Balaban J connectivity index is 2.14. The Morgan fingerprint density at radius 2 is 2.21 bits per heavy atom. The maximum absolute atomic E-state index is 12.9. The third-order valence-electron chi connectivity index (χ3n) is 2.54. The Morgan fingerprint density at radius 3 is 2.79 bits per heavy atom. The van der Waals surface area contributed by atoms with Gasteiger partial charge in [0.2, 0.25) is 5.95 Å². The van der Waals surface area contributed by atoms with E-state index in [0.29, 0.717) is 11.4 Å². The van der Waals surface area contributed by atoms with Crippen LogP contribution in [0, 0.1) is 5.95 Å². The lowest BCUT2D eigenvalue weighted by molar-refractivity contribution is -0.135. The zero-order valence-corrected chi connectivity index (χ0v) is 9.85. The number of ether oxygens (including phenoxy) is 1. The SMILES string of the molecule is O=C1C=C(N(Cc2cccc(F)n2)CC(F)F)CO1. The summed E-state index contributed by atoms with van der Waals surface area (Å²) in [4.78, 5) is 15.8. The van der Waals surface area contributed by atoms with Gasteiger partial charge in [-0.3, -0.25) is 0 Å². The van der Waals surface area contributed by atoms with Crippen molar-refractivity contribution in [2.24, 2.45) is 0 Å². The molecule has 0 aromatic carbocycles. The van der Waals surface area contributed by atoms with Gasteiger partial charge in [-0.25, -0.2) is 18.6 Å². The van der Waals surface area contributed by atoms with Crippen molar-refractivity contribution in [2.75, 3.05) is 13.2 Å². The molecule has 102 valence electrons. The molecule has 0 bridgehead atoms. The highest BCUT2D eigenvalue weighted by Gasteiger charge is 2.22. The maximum Gasteiger partial charge on any atom is 0.333 e. The van der Waals surface area contributed by atoms with Gasteiger partial charge in [-0.15, -0.1) is 0 Å². The molecule has 0 unspecified atom stereocenters. The average molecular weight is 272 g/mol. The van der Waals surface area contributed by atoms with E-state index in [9.17, 15) is 18.0 Å². The number of rotatable bonds is 5. The number of alkyl halides is 2. The molecule has 1 aromatic heterocycles. The largest absolute Gasteiger partial charge is 0.456 e. The molecule has 19 heavy (non-hydrogen) atoms. The quantitative estimate of drug-likeness (QED) is 0.604. The van der Waals surface area contributed by atoms with Crippen LogP contribution in [-0.4, -0.2) is 35.4 Å². The Kier molecular flexibility index (Phi) is 4.03. The molecule has 0 aliphatic carbocycles. The fourth-order valence-corrected chi connectivity index (χ4v) is 1.73. The van der Waals surface area contributed by atoms with Crippen LogP contribution in [0.4, 0.5) is 13.2 Å². The molecule has 0 atom stereocenters. The van der Waals surface area contributed by atoms with Crippen LogP contribution in [0.15, 0.2) is 30.0 Å². The van der Waals surface area contributed by atoms with Crippen molar-refractivity contribution in [1.82, 2.24) is 9.88 Å². The summed E-state index contributed by atoms with van der Waals surface area (Å²) in [6.45, 7) is -0.633. The number of carbonyl (C=O) groups is 1. The van der Waals surface area contributed by atoms with E-state index >= 15 is 0 Å². The maximum atomic E-state index is 12.9. The van der Waals surface area contributed by atoms with Crippen molar-refractivity contribution in [3.63, 3.8) is 0 Å². The minimum atomic E-state index is -2.58. The number of carbonyl (C=O) groups excluding carboxylic acids is 1. The normalized spacial score (nSPS) is 14.5. The number of hydrogen-bond donors (Lipinski definition) is 0. The molecule has 0 radical (unpaired) electrons. The molecule has 7 heteroatoms.